The SMILES string of the molecule is CC[C@@H](C)NC(=O)[C@H]1CCCCN1C(=O)c1csc(Nc2cccc(Cl)c2Cl)n1. The molecular formula is C20H24Cl2N4O2S. The van der Waals surface area contributed by atoms with Gasteiger partial charge in [0.2, 0.25) is 5.91 Å². The van der Waals surface area contributed by atoms with Crippen LogP contribution in [0.1, 0.15) is 50.0 Å². The third kappa shape index (κ3) is 5.21. The zero-order valence-electron chi connectivity index (χ0n) is 16.4. The lowest BCUT2D eigenvalue weighted by atomic mass is 10.0. The Morgan fingerprint density at radius 2 is 2.14 bits per heavy atom. The van der Waals surface area contributed by atoms with Gasteiger partial charge in [0.25, 0.3) is 5.91 Å². The number of amides is 2. The van der Waals surface area contributed by atoms with Crippen LogP contribution in [0.3, 0.4) is 0 Å². The van der Waals surface area contributed by atoms with Crippen LogP contribution in [0, 0.1) is 0 Å². The van der Waals surface area contributed by atoms with Crippen LogP contribution in [-0.2, 0) is 4.79 Å². The molecule has 0 aliphatic carbocycles. The monoisotopic (exact) mass is 454 g/mol. The highest BCUT2D eigenvalue weighted by molar-refractivity contribution is 7.14. The number of piperidine rings is 1. The van der Waals surface area contributed by atoms with E-state index in [2.05, 4.69) is 15.6 Å². The van der Waals surface area contributed by atoms with Crippen molar-refractivity contribution < 1.29 is 9.59 Å². The molecule has 0 bridgehead atoms. The quantitative estimate of drug-likeness (QED) is 0.636. The van der Waals surface area contributed by atoms with Crippen LogP contribution in [0.15, 0.2) is 23.6 Å². The zero-order chi connectivity index (χ0) is 21.0. The third-order valence-electron chi connectivity index (χ3n) is 4.98. The number of thiazole rings is 1. The Kier molecular flexibility index (Phi) is 7.38. The summed E-state index contributed by atoms with van der Waals surface area (Å²) in [6.45, 7) is 4.54. The van der Waals surface area contributed by atoms with E-state index in [0.29, 0.717) is 39.5 Å². The molecule has 0 saturated carbocycles. The molecule has 1 aromatic heterocycles. The maximum Gasteiger partial charge on any atom is 0.274 e. The van der Waals surface area contributed by atoms with Crippen LogP contribution in [0.2, 0.25) is 10.0 Å². The predicted octanol–water partition coefficient (Wildman–Crippen LogP) is 5.10. The highest BCUT2D eigenvalue weighted by Gasteiger charge is 2.34. The normalized spacial score (nSPS) is 17.7. The highest BCUT2D eigenvalue weighted by Crippen LogP contribution is 2.33. The van der Waals surface area contributed by atoms with E-state index in [-0.39, 0.29) is 17.9 Å². The predicted molar refractivity (Wildman–Crippen MR) is 118 cm³/mol. The number of aromatic nitrogens is 1. The Morgan fingerprint density at radius 1 is 1.34 bits per heavy atom. The van der Waals surface area contributed by atoms with Gasteiger partial charge in [-0.2, -0.15) is 0 Å². The summed E-state index contributed by atoms with van der Waals surface area (Å²) < 4.78 is 0. The lowest BCUT2D eigenvalue weighted by molar-refractivity contribution is -0.127. The molecule has 156 valence electrons. The number of hydrogen-bond donors (Lipinski definition) is 2. The molecule has 29 heavy (non-hydrogen) atoms. The second-order valence-corrected chi connectivity index (χ2v) is 8.74. The molecule has 2 heterocycles. The molecule has 0 spiro atoms. The molecule has 3 rings (SSSR count). The molecule has 0 radical (unpaired) electrons. The first-order chi connectivity index (χ1) is 13.9. The van der Waals surface area contributed by atoms with Crippen molar-refractivity contribution in [3.8, 4) is 0 Å². The summed E-state index contributed by atoms with van der Waals surface area (Å²) in [5, 5.41) is 9.16. The van der Waals surface area contributed by atoms with Gasteiger partial charge >= 0.3 is 0 Å². The van der Waals surface area contributed by atoms with Crippen molar-refractivity contribution >= 4 is 57.2 Å². The van der Waals surface area contributed by atoms with Crippen LogP contribution >= 0.6 is 34.5 Å². The van der Waals surface area contributed by atoms with Crippen molar-refractivity contribution in [3.63, 3.8) is 0 Å². The van der Waals surface area contributed by atoms with Crippen molar-refractivity contribution in [3.05, 3.63) is 39.3 Å². The van der Waals surface area contributed by atoms with Gasteiger partial charge < -0.3 is 15.5 Å². The molecule has 1 aromatic carbocycles. The van der Waals surface area contributed by atoms with E-state index in [1.54, 1.807) is 28.5 Å². The Morgan fingerprint density at radius 3 is 2.90 bits per heavy atom. The molecule has 2 aromatic rings. The molecule has 2 N–H and O–H groups in total. The second kappa shape index (κ2) is 9.78. The van der Waals surface area contributed by atoms with Gasteiger partial charge in [0, 0.05) is 18.0 Å². The number of anilines is 2. The molecular weight excluding hydrogens is 431 g/mol. The van der Waals surface area contributed by atoms with Gasteiger partial charge in [0.05, 0.1) is 15.7 Å². The Labute approximate surface area is 184 Å². The van der Waals surface area contributed by atoms with E-state index < -0.39 is 6.04 Å². The third-order valence-corrected chi connectivity index (χ3v) is 6.56. The summed E-state index contributed by atoms with van der Waals surface area (Å²) in [6.07, 6.45) is 3.33. The van der Waals surface area contributed by atoms with Gasteiger partial charge in [-0.1, -0.05) is 36.2 Å². The number of carbonyl (C=O) groups is 2. The van der Waals surface area contributed by atoms with Crippen molar-refractivity contribution in [2.45, 2.75) is 51.6 Å². The molecule has 1 aliphatic rings. The van der Waals surface area contributed by atoms with E-state index in [1.165, 1.54) is 11.3 Å². The fraction of sp³-hybridized carbons (Fsp3) is 0.450. The fourth-order valence-electron chi connectivity index (χ4n) is 3.18. The summed E-state index contributed by atoms with van der Waals surface area (Å²) in [5.74, 6) is -0.317. The Hall–Kier alpha value is -1.83. The fourth-order valence-corrected chi connectivity index (χ4v) is 4.22. The summed E-state index contributed by atoms with van der Waals surface area (Å²) in [5.41, 5.74) is 0.940. The van der Waals surface area contributed by atoms with E-state index in [1.807, 2.05) is 13.8 Å². The summed E-state index contributed by atoms with van der Waals surface area (Å²) in [4.78, 5) is 31.8. The van der Waals surface area contributed by atoms with E-state index in [4.69, 9.17) is 23.2 Å². The van der Waals surface area contributed by atoms with E-state index in [9.17, 15) is 9.59 Å². The van der Waals surface area contributed by atoms with Crippen LogP contribution in [0.5, 0.6) is 0 Å². The second-order valence-electron chi connectivity index (χ2n) is 7.09. The highest BCUT2D eigenvalue weighted by atomic mass is 35.5. The van der Waals surface area contributed by atoms with Crippen molar-refractivity contribution in [2.24, 2.45) is 0 Å². The topological polar surface area (TPSA) is 74.3 Å². The van der Waals surface area contributed by atoms with Gasteiger partial charge in [-0.3, -0.25) is 9.59 Å². The minimum atomic E-state index is -0.453. The molecule has 9 heteroatoms. The first-order valence-electron chi connectivity index (χ1n) is 9.68. The van der Waals surface area contributed by atoms with Crippen molar-refractivity contribution in [1.82, 2.24) is 15.2 Å². The van der Waals surface area contributed by atoms with Gasteiger partial charge in [0.15, 0.2) is 5.13 Å². The first-order valence-corrected chi connectivity index (χ1v) is 11.3. The average Bonchev–Trinajstić information content (AvgIpc) is 3.19. The lowest BCUT2D eigenvalue weighted by Gasteiger charge is -2.34. The molecule has 1 aliphatic heterocycles. The molecule has 6 nitrogen and oxygen atoms in total. The number of halogens is 2. The Bertz CT molecular complexity index is 889. The van der Waals surface area contributed by atoms with Crippen LogP contribution < -0.4 is 10.6 Å². The number of benzene rings is 1. The number of hydrogen-bond acceptors (Lipinski definition) is 5. The smallest absolute Gasteiger partial charge is 0.274 e. The number of rotatable bonds is 6. The van der Waals surface area contributed by atoms with E-state index in [0.717, 1.165) is 19.3 Å². The average molecular weight is 455 g/mol. The van der Waals surface area contributed by atoms with Crippen LogP contribution in [0.4, 0.5) is 10.8 Å². The maximum atomic E-state index is 13.1. The molecule has 1 saturated heterocycles. The maximum absolute atomic E-state index is 13.1. The lowest BCUT2D eigenvalue weighted by Crippen LogP contribution is -2.53. The van der Waals surface area contributed by atoms with Gasteiger partial charge in [0.1, 0.15) is 11.7 Å². The van der Waals surface area contributed by atoms with Crippen molar-refractivity contribution in [2.75, 3.05) is 11.9 Å². The number of carbonyl (C=O) groups excluding carboxylic acids is 2. The van der Waals surface area contributed by atoms with Gasteiger partial charge in [-0.25, -0.2) is 4.98 Å². The summed E-state index contributed by atoms with van der Waals surface area (Å²) in [7, 11) is 0. The number of likely N-dealkylation sites (tertiary alicyclic amines) is 1. The first kappa shape index (κ1) is 21.9. The summed E-state index contributed by atoms with van der Waals surface area (Å²) in [6, 6.07) is 4.90. The Balaban J connectivity index is 1.73. The van der Waals surface area contributed by atoms with Crippen LogP contribution in [-0.4, -0.2) is 40.3 Å². The van der Waals surface area contributed by atoms with Crippen LogP contribution in [0.25, 0.3) is 0 Å². The van der Waals surface area contributed by atoms with Gasteiger partial charge in [-0.15, -0.1) is 11.3 Å². The molecule has 2 amide bonds. The van der Waals surface area contributed by atoms with Gasteiger partial charge in [-0.05, 0) is 44.7 Å². The zero-order valence-corrected chi connectivity index (χ0v) is 18.7. The molecule has 1 fully saturated rings. The largest absolute Gasteiger partial charge is 0.352 e. The number of nitrogens with one attached hydrogen (secondary N) is 2. The minimum Gasteiger partial charge on any atom is -0.352 e. The minimum absolute atomic E-state index is 0.0823. The molecule has 0 unspecified atom stereocenters. The number of nitrogens with zero attached hydrogens (tertiary/aromatic N) is 2. The standard InChI is InChI=1S/C20H24Cl2N4O2S/c1-3-12(2)23-18(27)16-9-4-5-10-26(16)19(28)15-11-29-20(25-15)24-14-8-6-7-13(21)17(14)22/h6-8,11-12,16H,3-5,9-10H2,1-2H3,(H,23,27)(H,24,25)/t12-,16-/m1/s1. The summed E-state index contributed by atoms with van der Waals surface area (Å²) >= 11 is 13.5. The van der Waals surface area contributed by atoms with E-state index >= 15 is 0 Å². The van der Waals surface area contributed by atoms with Crippen molar-refractivity contribution in [1.29, 1.82) is 0 Å². The molecule has 2 atom stereocenters.